The van der Waals surface area contributed by atoms with Crippen molar-refractivity contribution in [2.24, 2.45) is 0 Å². The highest BCUT2D eigenvalue weighted by Crippen LogP contribution is 2.21. The van der Waals surface area contributed by atoms with E-state index in [0.29, 0.717) is 17.9 Å². The Bertz CT molecular complexity index is 1090. The lowest BCUT2D eigenvalue weighted by Gasteiger charge is -2.17. The number of ether oxygens (including phenoxy) is 1. The number of carbonyl (C=O) groups excluding carboxylic acids is 2. The Hall–Kier alpha value is -3.19. The molecule has 2 N–H and O–H groups in total. The van der Waals surface area contributed by atoms with Gasteiger partial charge in [-0.3, -0.25) is 9.59 Å². The maximum atomic E-state index is 12.7. The van der Waals surface area contributed by atoms with Gasteiger partial charge in [-0.2, -0.15) is 0 Å². The van der Waals surface area contributed by atoms with Gasteiger partial charge in [0.25, 0.3) is 5.91 Å². The molecule has 7 nitrogen and oxygen atoms in total. The maximum Gasteiger partial charge on any atom is 0.251 e. The van der Waals surface area contributed by atoms with Crippen LogP contribution in [-0.2, 0) is 16.1 Å². The SMILES string of the molecule is Cc1cccc(C(=O)NC(C)c2nc3ccccc3n2CC(=O)NCC2CCCO2)c1. The number of aromatic nitrogens is 2. The molecule has 162 valence electrons. The zero-order chi connectivity index (χ0) is 21.8. The number of fused-ring (bicyclic) bond motifs is 1. The first-order valence-electron chi connectivity index (χ1n) is 10.7. The Kier molecular flexibility index (Phi) is 6.32. The first-order chi connectivity index (χ1) is 15.0. The zero-order valence-electron chi connectivity index (χ0n) is 17.9. The number of hydrogen-bond donors (Lipinski definition) is 2. The van der Waals surface area contributed by atoms with E-state index in [-0.39, 0.29) is 30.5 Å². The third-order valence-electron chi connectivity index (χ3n) is 5.55. The van der Waals surface area contributed by atoms with Gasteiger partial charge < -0.3 is 19.9 Å². The van der Waals surface area contributed by atoms with Crippen molar-refractivity contribution in [2.45, 2.75) is 45.4 Å². The molecular formula is C24H28N4O3. The van der Waals surface area contributed by atoms with Crippen LogP contribution in [-0.4, -0.2) is 40.6 Å². The summed E-state index contributed by atoms with van der Waals surface area (Å²) in [5.74, 6) is 0.379. The second-order valence-corrected chi connectivity index (χ2v) is 8.05. The van der Waals surface area contributed by atoms with Gasteiger partial charge in [-0.25, -0.2) is 4.98 Å². The average molecular weight is 421 g/mol. The van der Waals surface area contributed by atoms with Crippen molar-refractivity contribution in [3.8, 4) is 0 Å². The molecule has 3 aromatic rings. The lowest BCUT2D eigenvalue weighted by atomic mass is 10.1. The molecule has 0 bridgehead atoms. The summed E-state index contributed by atoms with van der Waals surface area (Å²) < 4.78 is 7.46. The topological polar surface area (TPSA) is 85.2 Å². The van der Waals surface area contributed by atoms with Crippen LogP contribution >= 0.6 is 0 Å². The van der Waals surface area contributed by atoms with Crippen molar-refractivity contribution in [3.63, 3.8) is 0 Å². The second-order valence-electron chi connectivity index (χ2n) is 8.05. The van der Waals surface area contributed by atoms with Gasteiger partial charge >= 0.3 is 0 Å². The van der Waals surface area contributed by atoms with Crippen LogP contribution in [0, 0.1) is 6.92 Å². The molecule has 2 unspecified atom stereocenters. The summed E-state index contributed by atoms with van der Waals surface area (Å²) in [6.45, 7) is 5.24. The number of nitrogens with one attached hydrogen (secondary N) is 2. The Morgan fingerprint density at radius 2 is 2.06 bits per heavy atom. The summed E-state index contributed by atoms with van der Waals surface area (Å²) in [6.07, 6.45) is 2.10. The lowest BCUT2D eigenvalue weighted by molar-refractivity contribution is -0.122. The number of hydrogen-bond acceptors (Lipinski definition) is 4. The number of benzene rings is 2. The van der Waals surface area contributed by atoms with Gasteiger partial charge in [-0.05, 0) is 51.0 Å². The molecule has 1 saturated heterocycles. The Morgan fingerprint density at radius 3 is 2.84 bits per heavy atom. The molecule has 0 saturated carbocycles. The van der Waals surface area contributed by atoms with Crippen LogP contribution in [0.1, 0.15) is 47.6 Å². The van der Waals surface area contributed by atoms with Gasteiger partial charge in [-0.1, -0.05) is 29.8 Å². The molecule has 0 spiro atoms. The highest BCUT2D eigenvalue weighted by molar-refractivity contribution is 5.94. The molecule has 0 radical (unpaired) electrons. The molecule has 0 aliphatic carbocycles. The van der Waals surface area contributed by atoms with E-state index in [2.05, 4.69) is 10.6 Å². The number of para-hydroxylation sites is 2. The Morgan fingerprint density at radius 1 is 1.23 bits per heavy atom. The van der Waals surface area contributed by atoms with Gasteiger partial charge in [0, 0.05) is 18.7 Å². The predicted octanol–water partition coefficient (Wildman–Crippen LogP) is 3.13. The van der Waals surface area contributed by atoms with Crippen LogP contribution in [0.5, 0.6) is 0 Å². The van der Waals surface area contributed by atoms with Crippen LogP contribution in [0.2, 0.25) is 0 Å². The standard InChI is InChI=1S/C24H28N4O3/c1-16-7-5-8-18(13-16)24(30)26-17(2)23-27-20-10-3-4-11-21(20)28(23)15-22(29)25-14-19-9-6-12-31-19/h3-5,7-8,10-11,13,17,19H,6,9,12,14-15H2,1-2H3,(H,25,29)(H,26,30). The predicted molar refractivity (Wildman–Crippen MR) is 119 cm³/mol. The second kappa shape index (κ2) is 9.31. The van der Waals surface area contributed by atoms with E-state index in [0.717, 1.165) is 36.0 Å². The van der Waals surface area contributed by atoms with Crippen LogP contribution in [0.25, 0.3) is 11.0 Å². The highest BCUT2D eigenvalue weighted by Gasteiger charge is 2.21. The van der Waals surface area contributed by atoms with Crippen molar-refractivity contribution < 1.29 is 14.3 Å². The van der Waals surface area contributed by atoms with Crippen LogP contribution in [0.3, 0.4) is 0 Å². The minimum atomic E-state index is -0.369. The largest absolute Gasteiger partial charge is 0.376 e. The fraction of sp³-hybridized carbons (Fsp3) is 0.375. The van der Waals surface area contributed by atoms with E-state index < -0.39 is 0 Å². The van der Waals surface area contributed by atoms with E-state index in [1.807, 2.05) is 60.9 Å². The Balaban J connectivity index is 1.52. The number of imidazole rings is 1. The fourth-order valence-electron chi connectivity index (χ4n) is 3.95. The molecule has 31 heavy (non-hydrogen) atoms. The molecule has 2 heterocycles. The minimum absolute atomic E-state index is 0.0930. The molecule has 2 aromatic carbocycles. The van der Waals surface area contributed by atoms with Crippen molar-refractivity contribution in [1.82, 2.24) is 20.2 Å². The smallest absolute Gasteiger partial charge is 0.251 e. The van der Waals surface area contributed by atoms with Gasteiger partial charge in [0.05, 0.1) is 23.2 Å². The summed E-state index contributed by atoms with van der Waals surface area (Å²) in [6, 6.07) is 14.8. The van der Waals surface area contributed by atoms with Crippen LogP contribution in [0.15, 0.2) is 48.5 Å². The molecule has 4 rings (SSSR count). The van der Waals surface area contributed by atoms with Crippen LogP contribution in [0.4, 0.5) is 0 Å². The van der Waals surface area contributed by atoms with Gasteiger partial charge in [0.15, 0.2) is 0 Å². The van der Waals surface area contributed by atoms with Crippen molar-refractivity contribution in [2.75, 3.05) is 13.2 Å². The summed E-state index contributed by atoms with van der Waals surface area (Å²) in [4.78, 5) is 30.1. The molecule has 1 fully saturated rings. The average Bonchev–Trinajstić information content (AvgIpc) is 3.40. The zero-order valence-corrected chi connectivity index (χ0v) is 17.9. The number of nitrogens with zero attached hydrogens (tertiary/aromatic N) is 2. The van der Waals surface area contributed by atoms with E-state index in [9.17, 15) is 9.59 Å². The van der Waals surface area contributed by atoms with Gasteiger partial charge in [-0.15, -0.1) is 0 Å². The third-order valence-corrected chi connectivity index (χ3v) is 5.55. The monoisotopic (exact) mass is 420 g/mol. The summed E-state index contributed by atoms with van der Waals surface area (Å²) in [7, 11) is 0. The van der Waals surface area contributed by atoms with Gasteiger partial charge in [0.2, 0.25) is 5.91 Å². The molecular weight excluding hydrogens is 392 g/mol. The minimum Gasteiger partial charge on any atom is -0.376 e. The van der Waals surface area contributed by atoms with Gasteiger partial charge in [0.1, 0.15) is 12.4 Å². The molecule has 2 amide bonds. The van der Waals surface area contributed by atoms with E-state index >= 15 is 0 Å². The van der Waals surface area contributed by atoms with E-state index in [1.54, 1.807) is 6.07 Å². The van der Waals surface area contributed by atoms with Crippen molar-refractivity contribution in [1.29, 1.82) is 0 Å². The number of rotatable bonds is 7. The molecule has 2 atom stereocenters. The molecule has 1 aliphatic rings. The molecule has 1 aliphatic heterocycles. The number of carbonyl (C=O) groups is 2. The summed E-state index contributed by atoms with van der Waals surface area (Å²) in [5.41, 5.74) is 3.28. The van der Waals surface area contributed by atoms with Crippen molar-refractivity contribution >= 4 is 22.8 Å². The summed E-state index contributed by atoms with van der Waals surface area (Å²) in [5, 5.41) is 5.98. The molecule has 7 heteroatoms. The number of aryl methyl sites for hydroxylation is 1. The molecule has 1 aromatic heterocycles. The number of amides is 2. The van der Waals surface area contributed by atoms with Crippen LogP contribution < -0.4 is 10.6 Å². The van der Waals surface area contributed by atoms with Crippen molar-refractivity contribution in [3.05, 3.63) is 65.5 Å². The maximum absolute atomic E-state index is 12.7. The van der Waals surface area contributed by atoms with E-state index in [1.165, 1.54) is 0 Å². The fourth-order valence-corrected chi connectivity index (χ4v) is 3.95. The quantitative estimate of drug-likeness (QED) is 0.615. The third kappa shape index (κ3) is 4.94. The highest BCUT2D eigenvalue weighted by atomic mass is 16.5. The normalized spacial score (nSPS) is 16.9. The van der Waals surface area contributed by atoms with E-state index in [4.69, 9.17) is 9.72 Å². The summed E-state index contributed by atoms with van der Waals surface area (Å²) >= 11 is 0. The first kappa shape index (κ1) is 21.1. The Labute approximate surface area is 181 Å². The lowest BCUT2D eigenvalue weighted by Crippen LogP contribution is -2.35. The first-order valence-corrected chi connectivity index (χ1v) is 10.7.